The van der Waals surface area contributed by atoms with E-state index in [1.807, 2.05) is 36.4 Å². The molecule has 0 saturated heterocycles. The van der Waals surface area contributed by atoms with Gasteiger partial charge in [0, 0.05) is 12.3 Å². The van der Waals surface area contributed by atoms with Crippen LogP contribution in [0, 0.1) is 28.5 Å². The van der Waals surface area contributed by atoms with Crippen molar-refractivity contribution in [3.63, 3.8) is 0 Å². The molecule has 192 valence electrons. The van der Waals surface area contributed by atoms with Crippen LogP contribution in [0.25, 0.3) is 28.7 Å². The fourth-order valence-electron chi connectivity index (χ4n) is 4.23. The van der Waals surface area contributed by atoms with Crippen molar-refractivity contribution in [2.75, 3.05) is 6.79 Å². The molecule has 5 aromatic rings. The minimum absolute atomic E-state index is 0.0835. The summed E-state index contributed by atoms with van der Waals surface area (Å²) in [5.41, 5.74) is 2.00. The zero-order valence-corrected chi connectivity index (χ0v) is 20.8. The molecule has 0 bridgehead atoms. The molecule has 0 amide bonds. The second-order valence-electron chi connectivity index (χ2n) is 8.63. The van der Waals surface area contributed by atoms with Crippen molar-refractivity contribution in [2.45, 2.75) is 0 Å². The monoisotopic (exact) mass is 527 g/mol. The highest BCUT2D eigenvalue weighted by Crippen LogP contribution is 2.34. The summed E-state index contributed by atoms with van der Waals surface area (Å²) >= 11 is 0. The lowest BCUT2D eigenvalue weighted by Gasteiger charge is -2.03. The van der Waals surface area contributed by atoms with Gasteiger partial charge in [-0.25, -0.2) is 14.1 Å². The molecular weight excluding hydrogens is 509 g/mol. The third-order valence-corrected chi connectivity index (χ3v) is 6.13. The number of aromatic nitrogens is 2. The third kappa shape index (κ3) is 4.60. The van der Waals surface area contributed by atoms with E-state index in [2.05, 4.69) is 22.2 Å². The number of ether oxygens (including phenoxy) is 2. The van der Waals surface area contributed by atoms with Gasteiger partial charge in [-0.2, -0.15) is 15.6 Å². The van der Waals surface area contributed by atoms with E-state index >= 15 is 0 Å². The van der Waals surface area contributed by atoms with E-state index < -0.39 is 5.82 Å². The summed E-state index contributed by atoms with van der Waals surface area (Å²) in [6.45, 7) is 0.152. The molecular formula is C31H18FN5O3. The normalized spacial score (nSPS) is 12.4. The third-order valence-electron chi connectivity index (χ3n) is 6.13. The maximum absolute atomic E-state index is 14.2. The van der Waals surface area contributed by atoms with Crippen LogP contribution in [0.15, 0.2) is 94.3 Å². The number of hydrogen-bond acceptors (Lipinski definition) is 7. The average Bonchev–Trinajstić information content (AvgIpc) is 3.73. The second-order valence-corrected chi connectivity index (χ2v) is 8.63. The number of allylic oxidation sites excluding steroid dienone is 1. The molecule has 1 aliphatic heterocycles. The first-order chi connectivity index (χ1) is 19.6. The number of rotatable bonds is 6. The zero-order valence-electron chi connectivity index (χ0n) is 20.8. The van der Waals surface area contributed by atoms with E-state index in [4.69, 9.17) is 13.9 Å². The van der Waals surface area contributed by atoms with Gasteiger partial charge < -0.3 is 13.9 Å². The van der Waals surface area contributed by atoms with Crippen LogP contribution in [-0.4, -0.2) is 22.8 Å². The Bertz CT molecular complexity index is 1870. The number of nitriles is 2. The lowest BCUT2D eigenvalue weighted by molar-refractivity contribution is 0.174. The molecule has 0 unspecified atom stereocenters. The number of para-hydroxylation sites is 1. The lowest BCUT2D eigenvalue weighted by atomic mass is 10.1. The summed E-state index contributed by atoms with van der Waals surface area (Å²) in [4.78, 5) is 4.60. The van der Waals surface area contributed by atoms with Crippen LogP contribution in [-0.2, 0) is 0 Å². The number of halogens is 1. The van der Waals surface area contributed by atoms with Gasteiger partial charge >= 0.3 is 0 Å². The van der Waals surface area contributed by atoms with Crippen molar-refractivity contribution >= 4 is 23.7 Å². The van der Waals surface area contributed by atoms with Gasteiger partial charge in [0.15, 0.2) is 17.3 Å². The maximum Gasteiger partial charge on any atom is 0.231 e. The highest BCUT2D eigenvalue weighted by molar-refractivity contribution is 5.92. The van der Waals surface area contributed by atoms with E-state index in [9.17, 15) is 14.9 Å². The number of aliphatic imine (C=N–C) groups is 1. The summed E-state index contributed by atoms with van der Waals surface area (Å²) < 4.78 is 32.4. The van der Waals surface area contributed by atoms with Crippen LogP contribution < -0.4 is 9.47 Å². The molecule has 3 aromatic carbocycles. The first-order valence-corrected chi connectivity index (χ1v) is 12.1. The highest BCUT2D eigenvalue weighted by Gasteiger charge is 2.22. The van der Waals surface area contributed by atoms with E-state index in [1.54, 1.807) is 48.7 Å². The molecule has 8 nitrogen and oxygen atoms in total. The number of nitrogens with zero attached hydrogens (tertiary/aromatic N) is 5. The predicted molar refractivity (Wildman–Crippen MR) is 146 cm³/mol. The molecule has 9 heteroatoms. The molecule has 1 aliphatic rings. The van der Waals surface area contributed by atoms with Gasteiger partial charge in [0.05, 0.1) is 16.8 Å². The molecule has 2 aromatic heterocycles. The van der Waals surface area contributed by atoms with Crippen LogP contribution in [0.1, 0.15) is 22.6 Å². The van der Waals surface area contributed by atoms with Gasteiger partial charge in [-0.3, -0.25) is 0 Å². The van der Waals surface area contributed by atoms with Crippen LogP contribution in [0.2, 0.25) is 0 Å². The molecule has 0 radical (unpaired) electrons. The molecule has 40 heavy (non-hydrogen) atoms. The fourth-order valence-corrected chi connectivity index (χ4v) is 4.23. The van der Waals surface area contributed by atoms with Crippen LogP contribution in [0.3, 0.4) is 0 Å². The number of furan rings is 1. The minimum atomic E-state index is -0.425. The molecule has 0 aliphatic carbocycles. The highest BCUT2D eigenvalue weighted by atomic mass is 19.1. The molecule has 0 fully saturated rings. The maximum atomic E-state index is 14.2. The van der Waals surface area contributed by atoms with Crippen molar-refractivity contribution < 1.29 is 18.3 Å². The largest absolute Gasteiger partial charge is 0.457 e. The first-order valence-electron chi connectivity index (χ1n) is 12.1. The van der Waals surface area contributed by atoms with Gasteiger partial charge in [-0.15, -0.1) is 0 Å². The van der Waals surface area contributed by atoms with Gasteiger partial charge in [0.2, 0.25) is 6.79 Å². The Morgan fingerprint density at radius 3 is 2.55 bits per heavy atom. The topological polar surface area (TPSA) is 109 Å². The van der Waals surface area contributed by atoms with E-state index in [-0.39, 0.29) is 29.4 Å². The van der Waals surface area contributed by atoms with Crippen molar-refractivity contribution in [1.29, 1.82) is 10.5 Å². The summed E-state index contributed by atoms with van der Waals surface area (Å²) in [7, 11) is 0. The minimum Gasteiger partial charge on any atom is -0.457 e. The predicted octanol–water partition coefficient (Wildman–Crippen LogP) is 6.69. The Labute approximate surface area is 228 Å². The SMILES string of the molecule is N#C/C(=C\c1ccc(-c2ccccc2F)o1)c1nn(-c2ccccc2)c(/N=C/c2ccc3c(c2)OCO3)c1C#N. The van der Waals surface area contributed by atoms with Crippen molar-refractivity contribution in [3.05, 3.63) is 113 Å². The molecule has 3 heterocycles. The van der Waals surface area contributed by atoms with Gasteiger partial charge in [-0.05, 0) is 60.2 Å². The smallest absolute Gasteiger partial charge is 0.231 e. The van der Waals surface area contributed by atoms with Gasteiger partial charge in [-0.1, -0.05) is 30.3 Å². The average molecular weight is 528 g/mol. The number of hydrogen-bond donors (Lipinski definition) is 0. The zero-order chi connectivity index (χ0) is 27.5. The Morgan fingerprint density at radius 2 is 1.75 bits per heavy atom. The molecule has 0 N–H and O–H groups in total. The van der Waals surface area contributed by atoms with Crippen LogP contribution in [0.5, 0.6) is 11.5 Å². The summed E-state index contributed by atoms with van der Waals surface area (Å²) in [6.07, 6.45) is 3.06. The Balaban J connectivity index is 1.43. The number of fused-ring (bicyclic) bond motifs is 1. The summed E-state index contributed by atoms with van der Waals surface area (Å²) in [6, 6.07) is 28.3. The van der Waals surface area contributed by atoms with Crippen LogP contribution >= 0.6 is 0 Å². The van der Waals surface area contributed by atoms with E-state index in [0.29, 0.717) is 34.3 Å². The first kappa shape index (κ1) is 24.4. The lowest BCUT2D eigenvalue weighted by Crippen LogP contribution is -1.97. The van der Waals surface area contributed by atoms with Gasteiger partial charge in [0.1, 0.15) is 40.7 Å². The Hall–Kier alpha value is -5.93. The molecule has 0 atom stereocenters. The Morgan fingerprint density at radius 1 is 0.950 bits per heavy atom. The standard InChI is InChI=1S/C31H18FN5O3/c32-26-9-5-4-8-24(26)27-13-11-23(40-27)15-21(16-33)30-25(17-34)31(37(36-30)22-6-2-1-3-7-22)35-18-20-10-12-28-29(14-20)39-19-38-28/h1-15,18H,19H2/b21-15+,35-18+. The number of benzene rings is 3. The summed E-state index contributed by atoms with van der Waals surface area (Å²) in [5.74, 6) is 1.68. The van der Waals surface area contributed by atoms with Crippen molar-refractivity contribution in [2.24, 2.45) is 4.99 Å². The van der Waals surface area contributed by atoms with E-state index in [0.717, 1.165) is 5.56 Å². The van der Waals surface area contributed by atoms with Crippen molar-refractivity contribution in [3.8, 4) is 40.6 Å². The van der Waals surface area contributed by atoms with Crippen LogP contribution in [0.4, 0.5) is 10.2 Å². The van der Waals surface area contributed by atoms with E-state index in [1.165, 1.54) is 16.8 Å². The Kier molecular flexibility index (Phi) is 6.37. The fraction of sp³-hybridized carbons (Fsp3) is 0.0323. The molecule has 0 spiro atoms. The second kappa shape index (κ2) is 10.4. The quantitative estimate of drug-likeness (QED) is 0.180. The summed E-state index contributed by atoms with van der Waals surface area (Å²) in [5, 5.41) is 24.8. The molecule has 0 saturated carbocycles. The molecule has 6 rings (SSSR count). The van der Waals surface area contributed by atoms with Crippen molar-refractivity contribution in [1.82, 2.24) is 9.78 Å². The van der Waals surface area contributed by atoms with Gasteiger partial charge in [0.25, 0.3) is 0 Å².